The molecule has 4 aliphatic carbocycles. The van der Waals surface area contributed by atoms with Crippen molar-refractivity contribution in [1.82, 2.24) is 0 Å². The van der Waals surface area contributed by atoms with Crippen molar-refractivity contribution < 1.29 is 68.7 Å². The number of carboxylic acid groups (broad SMARTS) is 1. The quantitative estimate of drug-likeness (QED) is 0.229. The number of methoxy groups -OCH3 is 1. The minimum absolute atomic E-state index is 0. The molecule has 5 rings (SSSR count). The van der Waals surface area contributed by atoms with Gasteiger partial charge in [-0.3, -0.25) is 0 Å². The summed E-state index contributed by atoms with van der Waals surface area (Å²) in [7, 11) is 1.44. The van der Waals surface area contributed by atoms with Gasteiger partial charge in [0.2, 0.25) is 0 Å². The minimum Gasteiger partial charge on any atom is -0.549 e. The maximum absolute atomic E-state index is 13.3. The summed E-state index contributed by atoms with van der Waals surface area (Å²) in [6, 6.07) is 0. The van der Waals surface area contributed by atoms with Crippen LogP contribution in [0.1, 0.15) is 53.4 Å². The molecule has 196 valence electrons. The number of hydrogen-bond acceptors (Lipinski definition) is 8. The van der Waals surface area contributed by atoms with E-state index < -0.39 is 52.9 Å². The zero-order chi connectivity index (χ0) is 25.5. The van der Waals surface area contributed by atoms with Crippen molar-refractivity contribution in [2.75, 3.05) is 13.7 Å². The number of aliphatic carboxylic acids is 1. The summed E-state index contributed by atoms with van der Waals surface area (Å²) < 4.78 is 17.4. The molecule has 1 saturated heterocycles. The predicted octanol–water partition coefficient (Wildman–Crippen LogP) is -1.92. The molecule has 4 bridgehead atoms. The molecule has 3 saturated carbocycles. The first-order chi connectivity index (χ1) is 16.5. The molecule has 12 atom stereocenters. The van der Waals surface area contributed by atoms with Crippen molar-refractivity contribution in [3.63, 3.8) is 0 Å². The number of aldehydes is 1. The average molecular weight is 515 g/mol. The van der Waals surface area contributed by atoms with Crippen LogP contribution in [0.25, 0.3) is 0 Å². The molecule has 0 radical (unpaired) electrons. The van der Waals surface area contributed by atoms with Crippen LogP contribution in [0.15, 0.2) is 11.6 Å². The zero-order valence-electron chi connectivity index (χ0n) is 22.3. The molecule has 8 nitrogen and oxygen atoms in total. The van der Waals surface area contributed by atoms with Gasteiger partial charge in [0.05, 0.1) is 24.1 Å². The van der Waals surface area contributed by atoms with Crippen molar-refractivity contribution in [2.45, 2.75) is 84.1 Å². The maximum Gasteiger partial charge on any atom is 1.00 e. The van der Waals surface area contributed by atoms with Crippen molar-refractivity contribution >= 4 is 12.3 Å². The van der Waals surface area contributed by atoms with Crippen molar-refractivity contribution in [3.05, 3.63) is 11.6 Å². The van der Waals surface area contributed by atoms with Crippen LogP contribution < -0.4 is 34.7 Å². The van der Waals surface area contributed by atoms with Crippen LogP contribution in [0.3, 0.4) is 0 Å². The number of carbonyl (C=O) groups excluding carboxylic acids is 2. The van der Waals surface area contributed by atoms with Crippen LogP contribution in [0.5, 0.6) is 0 Å². The maximum atomic E-state index is 13.3. The molecule has 0 aromatic rings. The van der Waals surface area contributed by atoms with E-state index in [-0.39, 0.29) is 59.8 Å². The van der Waals surface area contributed by atoms with E-state index in [1.807, 2.05) is 13.8 Å². The molecule has 0 aromatic heterocycles. The van der Waals surface area contributed by atoms with E-state index in [0.717, 1.165) is 24.7 Å². The first-order valence-electron chi connectivity index (χ1n) is 13.1. The van der Waals surface area contributed by atoms with Gasteiger partial charge in [-0.2, -0.15) is 0 Å². The second-order valence-corrected chi connectivity index (χ2v) is 12.2. The number of aliphatic hydroxyl groups is 2. The second kappa shape index (κ2) is 9.70. The van der Waals surface area contributed by atoms with E-state index in [9.17, 15) is 24.9 Å². The Bertz CT molecular complexity index is 923. The predicted molar refractivity (Wildman–Crippen MR) is 122 cm³/mol. The summed E-state index contributed by atoms with van der Waals surface area (Å²) in [6.07, 6.45) is 1.05. The molecule has 1 heterocycles. The van der Waals surface area contributed by atoms with Gasteiger partial charge in [0, 0.05) is 17.9 Å². The number of rotatable bonds is 7. The first-order valence-corrected chi connectivity index (χ1v) is 13.1. The molecule has 36 heavy (non-hydrogen) atoms. The molecule has 0 spiro atoms. The van der Waals surface area contributed by atoms with Gasteiger partial charge in [0.15, 0.2) is 6.29 Å². The molecule has 2 N–H and O–H groups in total. The van der Waals surface area contributed by atoms with Crippen molar-refractivity contribution in [1.29, 1.82) is 0 Å². The Morgan fingerprint density at radius 2 is 1.94 bits per heavy atom. The van der Waals surface area contributed by atoms with Gasteiger partial charge in [-0.15, -0.1) is 0 Å². The third kappa shape index (κ3) is 3.35. The third-order valence-corrected chi connectivity index (χ3v) is 10.7. The summed E-state index contributed by atoms with van der Waals surface area (Å²) in [5.41, 5.74) is -2.57. The van der Waals surface area contributed by atoms with Gasteiger partial charge >= 0.3 is 29.6 Å². The van der Waals surface area contributed by atoms with Gasteiger partial charge < -0.3 is 39.1 Å². The molecular formula is C27H39NaO8. The standard InChI is InChI=1S/C27H40O8.Na/c1-13(2)19-8-16-9-25(11-28)18-7-6-14(3)17(18)10-26(16,27(19,25)24(31)32)12-34-23-21(30)20(29)22(33-5)15(4)35-23;/h8,11,13-18,20-23,29-30H,6-7,9-10,12H2,1-5H3,(H,31,32);/q;+1/p-1/t14-,15-,16-,17-,18-,20+,21+,22-,23-,25+,26+,27+;/m1./s1. The summed E-state index contributed by atoms with van der Waals surface area (Å²) in [4.78, 5) is 26.4. The molecule has 4 fully saturated rings. The molecule has 1 aliphatic heterocycles. The van der Waals surface area contributed by atoms with Crippen LogP contribution in [-0.2, 0) is 23.8 Å². The first kappa shape index (κ1) is 28.7. The third-order valence-electron chi connectivity index (χ3n) is 10.7. The normalized spacial score (nSPS) is 51.0. The van der Waals surface area contributed by atoms with Crippen LogP contribution >= 0.6 is 0 Å². The Morgan fingerprint density at radius 1 is 1.25 bits per heavy atom. The smallest absolute Gasteiger partial charge is 0.549 e. The summed E-state index contributed by atoms with van der Waals surface area (Å²) in [5.74, 6) is -0.776. The van der Waals surface area contributed by atoms with E-state index in [1.165, 1.54) is 7.11 Å². The largest absolute Gasteiger partial charge is 1.00 e. The topological polar surface area (TPSA) is 125 Å². The number of allylic oxidation sites excluding steroid dienone is 1. The Kier molecular flexibility index (Phi) is 7.73. The van der Waals surface area contributed by atoms with Gasteiger partial charge in [-0.05, 0) is 55.8 Å². The van der Waals surface area contributed by atoms with E-state index >= 15 is 0 Å². The Balaban J connectivity index is 0.00000304. The summed E-state index contributed by atoms with van der Waals surface area (Å²) >= 11 is 0. The van der Waals surface area contributed by atoms with Crippen LogP contribution in [0, 0.1) is 45.8 Å². The molecule has 5 aliphatic rings. The summed E-state index contributed by atoms with van der Waals surface area (Å²) in [5, 5.41) is 34.6. The zero-order valence-corrected chi connectivity index (χ0v) is 24.3. The molecule has 0 aromatic carbocycles. The van der Waals surface area contributed by atoms with E-state index in [4.69, 9.17) is 14.2 Å². The molecule has 0 unspecified atom stereocenters. The molecule has 9 heteroatoms. The average Bonchev–Trinajstić information content (AvgIpc) is 3.38. The van der Waals surface area contributed by atoms with Gasteiger partial charge in [0.25, 0.3) is 0 Å². The fourth-order valence-corrected chi connectivity index (χ4v) is 9.31. The van der Waals surface area contributed by atoms with Crippen LogP contribution in [0.4, 0.5) is 0 Å². The fourth-order valence-electron chi connectivity index (χ4n) is 9.31. The van der Waals surface area contributed by atoms with Gasteiger partial charge in [-0.1, -0.05) is 38.8 Å². The Morgan fingerprint density at radius 3 is 2.53 bits per heavy atom. The number of hydrogen-bond donors (Lipinski definition) is 2. The molecular weight excluding hydrogens is 475 g/mol. The van der Waals surface area contributed by atoms with E-state index in [0.29, 0.717) is 18.8 Å². The fraction of sp³-hybridized carbons (Fsp3) is 0.852. The van der Waals surface area contributed by atoms with Gasteiger partial charge in [-0.25, -0.2) is 0 Å². The number of fused-ring (bicyclic) bond motifs is 2. The number of carboxylic acids is 1. The van der Waals surface area contributed by atoms with E-state index in [1.54, 1.807) is 6.92 Å². The summed E-state index contributed by atoms with van der Waals surface area (Å²) in [6.45, 7) is 7.89. The van der Waals surface area contributed by atoms with Crippen molar-refractivity contribution in [2.24, 2.45) is 45.8 Å². The number of ether oxygens (including phenoxy) is 3. The number of aliphatic hydroxyl groups excluding tert-OH is 2. The van der Waals surface area contributed by atoms with E-state index in [2.05, 4.69) is 13.0 Å². The Labute approximate surface area is 235 Å². The van der Waals surface area contributed by atoms with Gasteiger partial charge in [0.1, 0.15) is 24.6 Å². The number of carbonyl (C=O) groups is 2. The second-order valence-electron chi connectivity index (χ2n) is 12.2. The monoisotopic (exact) mass is 514 g/mol. The van der Waals surface area contributed by atoms with Crippen LogP contribution in [-0.4, -0.2) is 66.9 Å². The van der Waals surface area contributed by atoms with Crippen LogP contribution in [0.2, 0.25) is 0 Å². The minimum atomic E-state index is -1.45. The molecule has 0 amide bonds. The SMILES string of the molecule is CO[C@H]1[C@@H](O)[C@H](O)[C@H](OC[C@@]23C[C@@H]4[C@H](C)CC[C@H]4[C@@]4(C=O)C[C@H]2C=C(C(C)C)[C@@]34C(=O)[O-])O[C@@H]1C.[Na+]. The van der Waals surface area contributed by atoms with Crippen molar-refractivity contribution in [3.8, 4) is 0 Å². The Hall–Kier alpha value is -0.320.